The number of amides is 3. The molecular formula is C21H21F2N3O2. The van der Waals surface area contributed by atoms with Gasteiger partial charge in [-0.25, -0.2) is 18.5 Å². The maximum atomic E-state index is 13.7. The number of urea groups is 1. The van der Waals surface area contributed by atoms with Crippen LogP contribution in [0.5, 0.6) is 0 Å². The van der Waals surface area contributed by atoms with Gasteiger partial charge in [0.05, 0.1) is 6.67 Å². The second kappa shape index (κ2) is 6.98. The molecule has 0 radical (unpaired) electrons. The predicted molar refractivity (Wildman–Crippen MR) is 99.1 cm³/mol. The molecule has 0 saturated carbocycles. The first-order chi connectivity index (χ1) is 13.4. The molecule has 2 saturated heterocycles. The zero-order chi connectivity index (χ0) is 19.9. The van der Waals surface area contributed by atoms with E-state index in [2.05, 4.69) is 10.2 Å². The summed E-state index contributed by atoms with van der Waals surface area (Å²) in [6.07, 6.45) is 1.93. The molecule has 3 amide bonds. The van der Waals surface area contributed by atoms with E-state index in [9.17, 15) is 18.4 Å². The fourth-order valence-electron chi connectivity index (χ4n) is 4.06. The van der Waals surface area contributed by atoms with Gasteiger partial charge in [-0.1, -0.05) is 36.4 Å². The van der Waals surface area contributed by atoms with Crippen LogP contribution in [0.4, 0.5) is 13.6 Å². The molecule has 1 N–H and O–H groups in total. The number of carbonyl (C=O) groups excluding carboxylic acids is 2. The van der Waals surface area contributed by atoms with Crippen LogP contribution in [-0.2, 0) is 10.3 Å². The third kappa shape index (κ3) is 3.05. The zero-order valence-corrected chi connectivity index (χ0v) is 15.5. The summed E-state index contributed by atoms with van der Waals surface area (Å²) < 4.78 is 26.9. The average molecular weight is 385 g/mol. The van der Waals surface area contributed by atoms with Gasteiger partial charge in [-0.05, 0) is 43.0 Å². The molecule has 0 aliphatic carbocycles. The summed E-state index contributed by atoms with van der Waals surface area (Å²) in [5.41, 5.74) is -0.0585. The molecule has 0 bridgehead atoms. The smallest absolute Gasteiger partial charge is 0.319 e. The summed E-state index contributed by atoms with van der Waals surface area (Å²) in [6.45, 7) is 2.45. The van der Waals surface area contributed by atoms with Gasteiger partial charge in [0.1, 0.15) is 5.54 Å². The summed E-state index contributed by atoms with van der Waals surface area (Å²) in [5, 5.41) is 2.64. The molecule has 0 spiro atoms. The number of hydrogen-bond donors (Lipinski definition) is 1. The van der Waals surface area contributed by atoms with Crippen molar-refractivity contribution >= 4 is 11.9 Å². The number of imide groups is 1. The van der Waals surface area contributed by atoms with E-state index < -0.39 is 29.1 Å². The molecule has 146 valence electrons. The lowest BCUT2D eigenvalue weighted by Gasteiger charge is -2.29. The van der Waals surface area contributed by atoms with Crippen molar-refractivity contribution in [2.24, 2.45) is 0 Å². The van der Waals surface area contributed by atoms with Gasteiger partial charge in [0.25, 0.3) is 5.91 Å². The number of nitrogens with zero attached hydrogens (tertiary/aromatic N) is 2. The van der Waals surface area contributed by atoms with Crippen LogP contribution in [0, 0.1) is 11.6 Å². The number of nitrogens with one attached hydrogen (secondary N) is 1. The topological polar surface area (TPSA) is 52.7 Å². The van der Waals surface area contributed by atoms with Gasteiger partial charge in [0.15, 0.2) is 11.6 Å². The molecular weight excluding hydrogens is 364 g/mol. The molecule has 2 heterocycles. The van der Waals surface area contributed by atoms with Gasteiger partial charge in [-0.15, -0.1) is 0 Å². The van der Waals surface area contributed by atoms with Crippen molar-refractivity contribution in [1.29, 1.82) is 0 Å². The van der Waals surface area contributed by atoms with Crippen LogP contribution >= 0.6 is 0 Å². The van der Waals surface area contributed by atoms with E-state index in [0.29, 0.717) is 0 Å². The fourth-order valence-corrected chi connectivity index (χ4v) is 4.06. The maximum absolute atomic E-state index is 13.7. The van der Waals surface area contributed by atoms with Gasteiger partial charge >= 0.3 is 6.03 Å². The van der Waals surface area contributed by atoms with Crippen LogP contribution in [-0.4, -0.2) is 35.0 Å². The highest BCUT2D eigenvalue weighted by Crippen LogP contribution is 2.34. The Bertz CT molecular complexity index is 921. The Labute approximate surface area is 161 Å². The van der Waals surface area contributed by atoms with Crippen LogP contribution in [0.15, 0.2) is 48.5 Å². The number of carbonyl (C=O) groups is 2. The van der Waals surface area contributed by atoms with E-state index in [0.717, 1.165) is 42.0 Å². The van der Waals surface area contributed by atoms with Crippen molar-refractivity contribution in [1.82, 2.24) is 15.1 Å². The van der Waals surface area contributed by atoms with E-state index in [1.807, 2.05) is 30.3 Å². The molecule has 4 rings (SSSR count). The largest absolute Gasteiger partial charge is 0.326 e. The number of likely N-dealkylation sites (tertiary alicyclic amines) is 1. The summed E-state index contributed by atoms with van der Waals surface area (Å²) in [5.74, 6) is -2.52. The SMILES string of the molecule is CC1(c2ccc(F)c(F)c2)NC(=O)N(CN2CCCC2c2ccccc2)C1=O. The highest BCUT2D eigenvalue weighted by molar-refractivity contribution is 6.07. The minimum absolute atomic E-state index is 0.136. The Kier molecular flexibility index (Phi) is 4.63. The molecule has 2 aliphatic rings. The average Bonchev–Trinajstić information content (AvgIpc) is 3.24. The number of benzene rings is 2. The van der Waals surface area contributed by atoms with Crippen LogP contribution < -0.4 is 5.32 Å². The summed E-state index contributed by atoms with van der Waals surface area (Å²) in [4.78, 5) is 28.9. The molecule has 2 aromatic carbocycles. The first-order valence-electron chi connectivity index (χ1n) is 9.29. The molecule has 7 heteroatoms. The van der Waals surface area contributed by atoms with Gasteiger partial charge in [0, 0.05) is 12.6 Å². The molecule has 2 aliphatic heterocycles. The first kappa shape index (κ1) is 18.6. The van der Waals surface area contributed by atoms with E-state index in [1.54, 1.807) is 0 Å². The fraction of sp³-hybridized carbons (Fsp3) is 0.333. The molecule has 28 heavy (non-hydrogen) atoms. The third-order valence-corrected chi connectivity index (χ3v) is 5.64. The number of hydrogen-bond acceptors (Lipinski definition) is 3. The van der Waals surface area contributed by atoms with Crippen molar-refractivity contribution in [2.45, 2.75) is 31.3 Å². The molecule has 5 nitrogen and oxygen atoms in total. The van der Waals surface area contributed by atoms with Crippen molar-refractivity contribution in [3.05, 3.63) is 71.3 Å². The Morgan fingerprint density at radius 2 is 1.86 bits per heavy atom. The normalized spacial score (nSPS) is 25.4. The van der Waals surface area contributed by atoms with Crippen LogP contribution in [0.2, 0.25) is 0 Å². The van der Waals surface area contributed by atoms with Crippen LogP contribution in [0.25, 0.3) is 0 Å². The summed E-state index contributed by atoms with van der Waals surface area (Å²) in [7, 11) is 0. The van der Waals surface area contributed by atoms with Gasteiger partial charge in [-0.3, -0.25) is 9.69 Å². The highest BCUT2D eigenvalue weighted by atomic mass is 19.2. The van der Waals surface area contributed by atoms with Gasteiger partial charge < -0.3 is 5.32 Å². The van der Waals surface area contributed by atoms with Crippen molar-refractivity contribution in [2.75, 3.05) is 13.2 Å². The van der Waals surface area contributed by atoms with E-state index in [1.165, 1.54) is 13.0 Å². The summed E-state index contributed by atoms with van der Waals surface area (Å²) in [6, 6.07) is 12.8. The molecule has 2 unspecified atom stereocenters. The van der Waals surface area contributed by atoms with E-state index >= 15 is 0 Å². The molecule has 2 aromatic rings. The first-order valence-corrected chi connectivity index (χ1v) is 9.29. The standard InChI is InChI=1S/C21H21F2N3O2/c1-21(15-9-10-16(22)17(23)12-15)19(27)26(20(28)24-21)13-25-11-5-8-18(25)14-6-3-2-4-7-14/h2-4,6-7,9-10,12,18H,5,8,11,13H2,1H3,(H,24,28). The van der Waals surface area contributed by atoms with Crippen LogP contribution in [0.3, 0.4) is 0 Å². The Morgan fingerprint density at radius 3 is 2.57 bits per heavy atom. The van der Waals surface area contributed by atoms with Crippen molar-refractivity contribution < 1.29 is 18.4 Å². The lowest BCUT2D eigenvalue weighted by molar-refractivity contribution is -0.132. The maximum Gasteiger partial charge on any atom is 0.326 e. The second-order valence-electron chi connectivity index (χ2n) is 7.44. The Balaban J connectivity index is 1.56. The monoisotopic (exact) mass is 385 g/mol. The van der Waals surface area contributed by atoms with E-state index in [4.69, 9.17) is 0 Å². The van der Waals surface area contributed by atoms with Crippen molar-refractivity contribution in [3.63, 3.8) is 0 Å². The van der Waals surface area contributed by atoms with Crippen molar-refractivity contribution in [3.8, 4) is 0 Å². The predicted octanol–water partition coefficient (Wildman–Crippen LogP) is 3.53. The molecule has 2 fully saturated rings. The second-order valence-corrected chi connectivity index (χ2v) is 7.44. The summed E-state index contributed by atoms with van der Waals surface area (Å²) >= 11 is 0. The van der Waals surface area contributed by atoms with Gasteiger partial charge in [0.2, 0.25) is 0 Å². The lowest BCUT2D eigenvalue weighted by atomic mass is 9.92. The Hall–Kier alpha value is -2.80. The van der Waals surface area contributed by atoms with Gasteiger partial charge in [-0.2, -0.15) is 0 Å². The number of halogens is 2. The Morgan fingerprint density at radius 1 is 1.11 bits per heavy atom. The third-order valence-electron chi connectivity index (χ3n) is 5.64. The molecule has 0 aromatic heterocycles. The van der Waals surface area contributed by atoms with E-state index in [-0.39, 0.29) is 18.3 Å². The quantitative estimate of drug-likeness (QED) is 0.820. The minimum Gasteiger partial charge on any atom is -0.319 e. The number of rotatable bonds is 4. The lowest BCUT2D eigenvalue weighted by Crippen LogP contribution is -2.43. The molecule has 2 atom stereocenters. The van der Waals surface area contributed by atoms with Crippen LogP contribution in [0.1, 0.15) is 36.9 Å². The highest BCUT2D eigenvalue weighted by Gasteiger charge is 2.50. The minimum atomic E-state index is -1.42. The zero-order valence-electron chi connectivity index (χ0n) is 15.5.